The zero-order chi connectivity index (χ0) is 15.8. The quantitative estimate of drug-likeness (QED) is 0.787. The fourth-order valence-electron chi connectivity index (χ4n) is 2.74. The first-order valence-electron chi connectivity index (χ1n) is 7.28. The predicted octanol–water partition coefficient (Wildman–Crippen LogP) is 3.12. The number of amides is 1. The molecule has 0 unspecified atom stereocenters. The van der Waals surface area contributed by atoms with Gasteiger partial charge in [0.15, 0.2) is 0 Å². The number of hydrogen-bond donors (Lipinski definition) is 1. The third-order valence-corrected chi connectivity index (χ3v) is 4.07. The number of amidine groups is 1. The number of aliphatic imine (C=N–C) groups is 1. The van der Waals surface area contributed by atoms with E-state index in [9.17, 15) is 4.79 Å². The molecule has 0 fully saturated rings. The molecule has 0 aliphatic carbocycles. The molecule has 0 radical (unpaired) electrons. The summed E-state index contributed by atoms with van der Waals surface area (Å²) in [5.74, 6) is 0.597. The van der Waals surface area contributed by atoms with Gasteiger partial charge in [-0.3, -0.25) is 14.7 Å². The summed E-state index contributed by atoms with van der Waals surface area (Å²) < 4.78 is 0. The molecule has 4 rings (SSSR count). The topological polar surface area (TPSA) is 61.4 Å². The van der Waals surface area contributed by atoms with Crippen molar-refractivity contribution in [3.63, 3.8) is 0 Å². The van der Waals surface area contributed by atoms with Gasteiger partial charge >= 0.3 is 0 Å². The summed E-state index contributed by atoms with van der Waals surface area (Å²) in [6.07, 6.45) is 1.62. The second kappa shape index (κ2) is 5.52. The molecule has 2 heterocycles. The van der Waals surface area contributed by atoms with E-state index in [0.29, 0.717) is 29.5 Å². The Kier molecular flexibility index (Phi) is 3.35. The van der Waals surface area contributed by atoms with E-state index < -0.39 is 0 Å². The van der Waals surface area contributed by atoms with Crippen LogP contribution in [-0.4, -0.2) is 39.7 Å². The smallest absolute Gasteiger partial charge is 0.259 e. The molecule has 1 aromatic heterocycles. The van der Waals surface area contributed by atoms with Crippen LogP contribution in [0, 0.1) is 0 Å². The molecular weight excluding hydrogens is 312 g/mol. The van der Waals surface area contributed by atoms with E-state index in [1.54, 1.807) is 23.4 Å². The number of H-pyrrole nitrogens is 1. The van der Waals surface area contributed by atoms with Crippen molar-refractivity contribution in [1.29, 1.82) is 0 Å². The number of carbonyl (C=O) groups is 1. The van der Waals surface area contributed by atoms with Crippen LogP contribution in [0.1, 0.15) is 15.9 Å². The van der Waals surface area contributed by atoms with Crippen molar-refractivity contribution in [2.75, 3.05) is 13.1 Å². The highest BCUT2D eigenvalue weighted by Gasteiger charge is 2.26. The van der Waals surface area contributed by atoms with Crippen LogP contribution in [0.2, 0.25) is 5.02 Å². The Labute approximate surface area is 137 Å². The lowest BCUT2D eigenvalue weighted by atomic mass is 10.1. The lowest BCUT2D eigenvalue weighted by Crippen LogP contribution is -2.34. The summed E-state index contributed by atoms with van der Waals surface area (Å²) >= 11 is 6.05. The first-order valence-corrected chi connectivity index (χ1v) is 7.65. The van der Waals surface area contributed by atoms with Gasteiger partial charge in [0.25, 0.3) is 5.91 Å². The number of carbonyl (C=O) groups excluding carboxylic acids is 1. The third kappa shape index (κ3) is 2.49. The molecule has 2 aromatic carbocycles. The molecule has 1 amide bonds. The SMILES string of the molecule is O=C(c1ccc2nc[nH]c2c1)N1CCN=C1c1cccc(Cl)c1. The summed E-state index contributed by atoms with van der Waals surface area (Å²) in [4.78, 5) is 26.2. The van der Waals surface area contributed by atoms with Crippen molar-refractivity contribution in [2.24, 2.45) is 4.99 Å². The van der Waals surface area contributed by atoms with Crippen LogP contribution in [-0.2, 0) is 0 Å². The second-order valence-corrected chi connectivity index (χ2v) is 5.74. The van der Waals surface area contributed by atoms with Gasteiger partial charge in [0.1, 0.15) is 5.84 Å². The van der Waals surface area contributed by atoms with E-state index in [0.717, 1.165) is 16.6 Å². The molecule has 0 bridgehead atoms. The number of aromatic nitrogens is 2. The second-order valence-electron chi connectivity index (χ2n) is 5.31. The van der Waals surface area contributed by atoms with Crippen molar-refractivity contribution in [1.82, 2.24) is 14.9 Å². The highest BCUT2D eigenvalue weighted by atomic mass is 35.5. The summed E-state index contributed by atoms with van der Waals surface area (Å²) in [6, 6.07) is 12.8. The Hall–Kier alpha value is -2.66. The average Bonchev–Trinajstić information content (AvgIpc) is 3.22. The molecule has 1 N–H and O–H groups in total. The number of imidazole rings is 1. The predicted molar refractivity (Wildman–Crippen MR) is 90.0 cm³/mol. The largest absolute Gasteiger partial charge is 0.345 e. The minimum Gasteiger partial charge on any atom is -0.345 e. The Morgan fingerprint density at radius 1 is 1.22 bits per heavy atom. The van der Waals surface area contributed by atoms with Crippen molar-refractivity contribution in [3.8, 4) is 0 Å². The Morgan fingerprint density at radius 3 is 3.00 bits per heavy atom. The van der Waals surface area contributed by atoms with E-state index in [-0.39, 0.29) is 5.91 Å². The molecule has 0 saturated heterocycles. The maximum Gasteiger partial charge on any atom is 0.259 e. The van der Waals surface area contributed by atoms with Crippen LogP contribution < -0.4 is 0 Å². The molecule has 114 valence electrons. The first-order chi connectivity index (χ1) is 11.2. The van der Waals surface area contributed by atoms with Gasteiger partial charge in [0.2, 0.25) is 0 Å². The molecule has 3 aromatic rings. The fourth-order valence-corrected chi connectivity index (χ4v) is 2.93. The summed E-state index contributed by atoms with van der Waals surface area (Å²) in [7, 11) is 0. The lowest BCUT2D eigenvalue weighted by Gasteiger charge is -2.18. The zero-order valence-electron chi connectivity index (χ0n) is 12.2. The zero-order valence-corrected chi connectivity index (χ0v) is 12.9. The normalized spacial score (nSPS) is 14.3. The minimum atomic E-state index is -0.0716. The van der Waals surface area contributed by atoms with Crippen molar-refractivity contribution >= 4 is 34.4 Å². The van der Waals surface area contributed by atoms with Crippen molar-refractivity contribution in [3.05, 3.63) is 64.9 Å². The summed E-state index contributed by atoms with van der Waals surface area (Å²) in [6.45, 7) is 1.17. The summed E-state index contributed by atoms with van der Waals surface area (Å²) in [5.41, 5.74) is 3.15. The summed E-state index contributed by atoms with van der Waals surface area (Å²) in [5, 5.41) is 0.628. The van der Waals surface area contributed by atoms with Gasteiger partial charge in [-0.2, -0.15) is 0 Å². The van der Waals surface area contributed by atoms with Crippen LogP contribution in [0.4, 0.5) is 0 Å². The van der Waals surface area contributed by atoms with Gasteiger partial charge < -0.3 is 4.98 Å². The van der Waals surface area contributed by atoms with Crippen molar-refractivity contribution in [2.45, 2.75) is 0 Å². The molecule has 1 aliphatic rings. The molecule has 5 nitrogen and oxygen atoms in total. The average molecular weight is 325 g/mol. The highest BCUT2D eigenvalue weighted by molar-refractivity contribution is 6.31. The van der Waals surface area contributed by atoms with Gasteiger partial charge in [-0.05, 0) is 30.3 Å². The molecule has 0 atom stereocenters. The molecule has 0 spiro atoms. The number of aromatic amines is 1. The number of nitrogens with one attached hydrogen (secondary N) is 1. The maximum atomic E-state index is 12.9. The Morgan fingerprint density at radius 2 is 2.13 bits per heavy atom. The molecular formula is C17H13ClN4O. The van der Waals surface area contributed by atoms with E-state index in [2.05, 4.69) is 15.0 Å². The Bertz CT molecular complexity index is 931. The van der Waals surface area contributed by atoms with Gasteiger partial charge in [0, 0.05) is 22.7 Å². The van der Waals surface area contributed by atoms with Crippen LogP contribution in [0.3, 0.4) is 0 Å². The number of benzene rings is 2. The van der Waals surface area contributed by atoms with E-state index >= 15 is 0 Å². The fraction of sp³-hybridized carbons (Fsp3) is 0.118. The minimum absolute atomic E-state index is 0.0716. The Balaban J connectivity index is 1.68. The van der Waals surface area contributed by atoms with Gasteiger partial charge in [-0.1, -0.05) is 23.7 Å². The number of fused-ring (bicyclic) bond motifs is 1. The van der Waals surface area contributed by atoms with E-state index in [1.807, 2.05) is 30.3 Å². The molecule has 0 saturated carbocycles. The number of rotatable bonds is 2. The third-order valence-electron chi connectivity index (χ3n) is 3.84. The van der Waals surface area contributed by atoms with Gasteiger partial charge in [0.05, 0.1) is 23.9 Å². The molecule has 23 heavy (non-hydrogen) atoms. The molecule has 1 aliphatic heterocycles. The number of nitrogens with zero attached hydrogens (tertiary/aromatic N) is 3. The van der Waals surface area contributed by atoms with Crippen LogP contribution in [0.25, 0.3) is 11.0 Å². The maximum absolute atomic E-state index is 12.9. The van der Waals surface area contributed by atoms with Crippen LogP contribution in [0.5, 0.6) is 0 Å². The monoisotopic (exact) mass is 324 g/mol. The van der Waals surface area contributed by atoms with Crippen LogP contribution in [0.15, 0.2) is 53.8 Å². The highest BCUT2D eigenvalue weighted by Crippen LogP contribution is 2.19. The standard InChI is InChI=1S/C17H13ClN4O/c18-13-3-1-2-11(8-13)16-19-6-7-22(16)17(23)12-4-5-14-15(9-12)21-10-20-14/h1-5,8-10H,6-7H2,(H,20,21). The van der Waals surface area contributed by atoms with Gasteiger partial charge in [-0.25, -0.2) is 4.98 Å². The number of halogens is 1. The molecule has 6 heteroatoms. The first kappa shape index (κ1) is 14.0. The number of hydrogen-bond acceptors (Lipinski definition) is 3. The van der Waals surface area contributed by atoms with Crippen molar-refractivity contribution < 1.29 is 4.79 Å². The van der Waals surface area contributed by atoms with E-state index in [1.165, 1.54) is 0 Å². The van der Waals surface area contributed by atoms with E-state index in [4.69, 9.17) is 11.6 Å². The van der Waals surface area contributed by atoms with Crippen LogP contribution >= 0.6 is 11.6 Å². The lowest BCUT2D eigenvalue weighted by molar-refractivity contribution is 0.0858. The van der Waals surface area contributed by atoms with Gasteiger partial charge in [-0.15, -0.1) is 0 Å².